The fourth-order valence-electron chi connectivity index (χ4n) is 2.53. The Morgan fingerprint density at radius 1 is 1.08 bits per heavy atom. The van der Waals surface area contributed by atoms with E-state index in [2.05, 4.69) is 51.8 Å². The number of unbranched alkanes of at least 4 members (excludes halogenated alkanes) is 3. The average Bonchev–Trinajstić information content (AvgIpc) is 3.07. The van der Waals surface area contributed by atoms with Crippen molar-refractivity contribution in [2.24, 2.45) is 0 Å². The minimum absolute atomic E-state index is 0.131. The third-order valence-corrected chi connectivity index (χ3v) is 3.94. The van der Waals surface area contributed by atoms with E-state index in [0.29, 0.717) is 6.54 Å². The lowest BCUT2D eigenvalue weighted by Gasteiger charge is -2.06. The fourth-order valence-corrected chi connectivity index (χ4v) is 2.53. The number of benzene rings is 1. The lowest BCUT2D eigenvalue weighted by molar-refractivity contribution is 0.240. The molecule has 0 saturated heterocycles. The van der Waals surface area contributed by atoms with Gasteiger partial charge in [-0.3, -0.25) is 0 Å². The third-order valence-electron chi connectivity index (χ3n) is 3.94. The standard InChI is InChI=1S/C19H28N4O/c1-2-3-4-8-13-20-19(24)22-15-18-21-14-17(23-18)12-11-16-9-6-5-7-10-16/h5-7,9-10,14H,2-4,8,11-13,15H2,1H3,(H,21,23)(H2,20,22,24). The molecule has 3 N–H and O–H groups in total. The molecule has 2 aromatic rings. The van der Waals surface area contributed by atoms with Crippen LogP contribution in [-0.4, -0.2) is 22.5 Å². The van der Waals surface area contributed by atoms with E-state index in [-0.39, 0.29) is 6.03 Å². The summed E-state index contributed by atoms with van der Waals surface area (Å²) in [7, 11) is 0. The van der Waals surface area contributed by atoms with Crippen LogP contribution in [0.2, 0.25) is 0 Å². The maximum absolute atomic E-state index is 11.7. The molecule has 0 radical (unpaired) electrons. The van der Waals surface area contributed by atoms with Crippen LogP contribution in [0.15, 0.2) is 36.5 Å². The molecule has 5 nitrogen and oxygen atoms in total. The maximum Gasteiger partial charge on any atom is 0.315 e. The second kappa shape index (κ2) is 10.5. The maximum atomic E-state index is 11.7. The number of imidazole rings is 1. The number of aromatic amines is 1. The van der Waals surface area contributed by atoms with E-state index in [1.807, 2.05) is 12.3 Å². The molecule has 0 aliphatic heterocycles. The Hall–Kier alpha value is -2.30. The van der Waals surface area contributed by atoms with E-state index < -0.39 is 0 Å². The van der Waals surface area contributed by atoms with Gasteiger partial charge >= 0.3 is 6.03 Å². The Labute approximate surface area is 144 Å². The van der Waals surface area contributed by atoms with E-state index in [0.717, 1.165) is 37.3 Å². The summed E-state index contributed by atoms with van der Waals surface area (Å²) >= 11 is 0. The zero-order valence-corrected chi connectivity index (χ0v) is 14.5. The Balaban J connectivity index is 1.63. The van der Waals surface area contributed by atoms with Crippen molar-refractivity contribution in [3.8, 4) is 0 Å². The smallest absolute Gasteiger partial charge is 0.315 e. The normalized spacial score (nSPS) is 10.5. The first-order valence-electron chi connectivity index (χ1n) is 8.86. The summed E-state index contributed by atoms with van der Waals surface area (Å²) in [6.07, 6.45) is 8.38. The first-order valence-corrected chi connectivity index (χ1v) is 8.86. The second-order valence-electron chi connectivity index (χ2n) is 6.01. The number of hydrogen-bond acceptors (Lipinski definition) is 2. The third kappa shape index (κ3) is 6.86. The number of hydrogen-bond donors (Lipinski definition) is 3. The predicted molar refractivity (Wildman–Crippen MR) is 96.8 cm³/mol. The summed E-state index contributed by atoms with van der Waals surface area (Å²) in [6.45, 7) is 3.33. The molecule has 5 heteroatoms. The zero-order valence-electron chi connectivity index (χ0n) is 14.5. The summed E-state index contributed by atoms with van der Waals surface area (Å²) in [5.41, 5.74) is 2.41. The molecule has 24 heavy (non-hydrogen) atoms. The van der Waals surface area contributed by atoms with Crippen LogP contribution in [0.25, 0.3) is 0 Å². The molecule has 0 aliphatic carbocycles. The van der Waals surface area contributed by atoms with Crippen LogP contribution in [0.5, 0.6) is 0 Å². The van der Waals surface area contributed by atoms with Crippen molar-refractivity contribution in [1.82, 2.24) is 20.6 Å². The van der Waals surface area contributed by atoms with Crippen LogP contribution >= 0.6 is 0 Å². The second-order valence-corrected chi connectivity index (χ2v) is 6.01. The molecule has 1 aromatic carbocycles. The highest BCUT2D eigenvalue weighted by Gasteiger charge is 2.04. The van der Waals surface area contributed by atoms with Crippen LogP contribution in [0, 0.1) is 0 Å². The van der Waals surface area contributed by atoms with Gasteiger partial charge < -0.3 is 15.6 Å². The molecule has 1 heterocycles. The van der Waals surface area contributed by atoms with Gasteiger partial charge in [0, 0.05) is 18.4 Å². The van der Waals surface area contributed by atoms with Crippen LogP contribution in [-0.2, 0) is 19.4 Å². The van der Waals surface area contributed by atoms with E-state index in [1.54, 1.807) is 0 Å². The van der Waals surface area contributed by atoms with Crippen molar-refractivity contribution in [2.75, 3.05) is 6.54 Å². The molecular weight excluding hydrogens is 300 g/mol. The van der Waals surface area contributed by atoms with Gasteiger partial charge in [-0.25, -0.2) is 9.78 Å². The topological polar surface area (TPSA) is 69.8 Å². The summed E-state index contributed by atoms with van der Waals surface area (Å²) in [5, 5.41) is 5.71. The van der Waals surface area contributed by atoms with Gasteiger partial charge in [-0.1, -0.05) is 56.5 Å². The van der Waals surface area contributed by atoms with Crippen LogP contribution in [0.4, 0.5) is 4.79 Å². The van der Waals surface area contributed by atoms with Crippen molar-refractivity contribution in [2.45, 2.75) is 52.0 Å². The lowest BCUT2D eigenvalue weighted by atomic mass is 10.1. The fraction of sp³-hybridized carbons (Fsp3) is 0.474. The van der Waals surface area contributed by atoms with Gasteiger partial charge in [0.05, 0.1) is 6.54 Å². The monoisotopic (exact) mass is 328 g/mol. The highest BCUT2D eigenvalue weighted by Crippen LogP contribution is 2.05. The SMILES string of the molecule is CCCCCCNC(=O)NCc1ncc(CCc2ccccc2)[nH]1. The van der Waals surface area contributed by atoms with Crippen LogP contribution in [0.3, 0.4) is 0 Å². The molecule has 0 aliphatic rings. The number of aromatic nitrogens is 2. The molecule has 0 bridgehead atoms. The van der Waals surface area contributed by atoms with E-state index >= 15 is 0 Å². The quantitative estimate of drug-likeness (QED) is 0.584. The van der Waals surface area contributed by atoms with Crippen LogP contribution in [0.1, 0.15) is 49.7 Å². The zero-order chi connectivity index (χ0) is 17.0. The summed E-state index contributed by atoms with van der Waals surface area (Å²) < 4.78 is 0. The molecule has 0 atom stereocenters. The molecule has 0 unspecified atom stereocenters. The largest absolute Gasteiger partial charge is 0.344 e. The number of aryl methyl sites for hydroxylation is 2. The molecule has 1 aromatic heterocycles. The number of urea groups is 1. The summed E-state index contributed by atoms with van der Waals surface area (Å²) in [5.74, 6) is 0.791. The molecule has 0 saturated carbocycles. The van der Waals surface area contributed by atoms with Gasteiger partial charge in [-0.15, -0.1) is 0 Å². The Bertz CT molecular complexity index is 594. The molecule has 130 valence electrons. The lowest BCUT2D eigenvalue weighted by Crippen LogP contribution is -2.35. The first kappa shape index (κ1) is 18.0. The number of rotatable bonds is 10. The highest BCUT2D eigenvalue weighted by molar-refractivity contribution is 5.73. The minimum atomic E-state index is -0.131. The number of nitrogens with zero attached hydrogens (tertiary/aromatic N) is 1. The number of carbonyl (C=O) groups excluding carboxylic acids is 1. The molecular formula is C19H28N4O. The Morgan fingerprint density at radius 2 is 1.92 bits per heavy atom. The number of amides is 2. The Morgan fingerprint density at radius 3 is 2.71 bits per heavy atom. The van der Waals surface area contributed by atoms with Gasteiger partial charge in [0.2, 0.25) is 0 Å². The molecule has 0 fully saturated rings. The van der Waals surface area contributed by atoms with E-state index in [9.17, 15) is 4.79 Å². The minimum Gasteiger partial charge on any atom is -0.344 e. The van der Waals surface area contributed by atoms with Crippen molar-refractivity contribution in [3.05, 3.63) is 53.6 Å². The van der Waals surface area contributed by atoms with E-state index in [1.165, 1.54) is 24.8 Å². The van der Waals surface area contributed by atoms with Crippen molar-refractivity contribution < 1.29 is 4.79 Å². The molecule has 2 rings (SSSR count). The highest BCUT2D eigenvalue weighted by atomic mass is 16.2. The van der Waals surface area contributed by atoms with Gasteiger partial charge in [0.15, 0.2) is 0 Å². The van der Waals surface area contributed by atoms with Crippen LogP contribution < -0.4 is 10.6 Å². The Kier molecular flexibility index (Phi) is 7.87. The number of carbonyl (C=O) groups is 1. The number of H-pyrrole nitrogens is 1. The van der Waals surface area contributed by atoms with Gasteiger partial charge in [-0.05, 0) is 24.8 Å². The predicted octanol–water partition coefficient (Wildman–Crippen LogP) is 3.57. The van der Waals surface area contributed by atoms with E-state index in [4.69, 9.17) is 0 Å². The average molecular weight is 328 g/mol. The summed E-state index contributed by atoms with van der Waals surface area (Å²) in [4.78, 5) is 19.3. The molecule has 2 amide bonds. The molecule has 0 spiro atoms. The van der Waals surface area contributed by atoms with Crippen molar-refractivity contribution >= 4 is 6.03 Å². The van der Waals surface area contributed by atoms with Crippen molar-refractivity contribution in [1.29, 1.82) is 0 Å². The number of nitrogens with one attached hydrogen (secondary N) is 3. The van der Waals surface area contributed by atoms with Crippen molar-refractivity contribution in [3.63, 3.8) is 0 Å². The van der Waals surface area contributed by atoms with Gasteiger partial charge in [0.25, 0.3) is 0 Å². The first-order chi connectivity index (χ1) is 11.8. The van der Waals surface area contributed by atoms with Gasteiger partial charge in [0.1, 0.15) is 5.82 Å². The summed E-state index contributed by atoms with van der Waals surface area (Å²) in [6, 6.07) is 10.3. The van der Waals surface area contributed by atoms with Gasteiger partial charge in [-0.2, -0.15) is 0 Å².